The molecule has 1 unspecified atom stereocenters. The Morgan fingerprint density at radius 1 is 1.42 bits per heavy atom. The fourth-order valence-electron chi connectivity index (χ4n) is 3.11. The van der Waals surface area contributed by atoms with Crippen LogP contribution in [0.3, 0.4) is 0 Å². The Morgan fingerprint density at radius 2 is 2.25 bits per heavy atom. The Kier molecular flexibility index (Phi) is 6.97. The maximum Gasteiger partial charge on any atom is 0.223 e. The molecule has 2 N–H and O–H groups in total. The van der Waals surface area contributed by atoms with Gasteiger partial charge in [-0.1, -0.05) is 5.16 Å². The number of nitrogen functional groups attached to an aromatic ring is 1. The van der Waals surface area contributed by atoms with E-state index in [0.717, 1.165) is 38.4 Å². The topological polar surface area (TPSA) is 84.3 Å². The van der Waals surface area contributed by atoms with Crippen LogP contribution in [0.25, 0.3) is 0 Å². The van der Waals surface area contributed by atoms with Gasteiger partial charge in [0.05, 0.1) is 6.54 Å². The summed E-state index contributed by atoms with van der Waals surface area (Å²) in [6.45, 7) is 5.75. The van der Waals surface area contributed by atoms with Crippen LogP contribution in [-0.4, -0.2) is 51.1 Å². The first-order valence-corrected chi connectivity index (χ1v) is 8.84. The third kappa shape index (κ3) is 5.14. The molecule has 0 spiro atoms. The summed E-state index contributed by atoms with van der Waals surface area (Å²) in [5.41, 5.74) is 5.71. The molecule has 0 saturated carbocycles. The highest BCUT2D eigenvalue weighted by atomic mass is 35.5. The predicted molar refractivity (Wildman–Crippen MR) is 97.2 cm³/mol. The van der Waals surface area contributed by atoms with Crippen LogP contribution in [0.4, 0.5) is 5.13 Å². The molecule has 3 rings (SSSR count). The zero-order chi connectivity index (χ0) is 16.2. The third-order valence-corrected chi connectivity index (χ3v) is 5.14. The Labute approximate surface area is 152 Å². The molecule has 0 aromatic carbocycles. The highest BCUT2D eigenvalue weighted by Gasteiger charge is 2.22. The fraction of sp³-hybridized carbons (Fsp3) is 0.667. The van der Waals surface area contributed by atoms with Crippen molar-refractivity contribution in [3.8, 4) is 0 Å². The van der Waals surface area contributed by atoms with Crippen molar-refractivity contribution in [1.82, 2.24) is 24.9 Å². The van der Waals surface area contributed by atoms with Gasteiger partial charge in [-0.15, -0.1) is 23.7 Å². The van der Waals surface area contributed by atoms with Crippen molar-refractivity contribution in [2.75, 3.05) is 25.9 Å². The number of rotatable bonds is 5. The first-order chi connectivity index (χ1) is 11.1. The van der Waals surface area contributed by atoms with Gasteiger partial charge in [-0.25, -0.2) is 4.98 Å². The van der Waals surface area contributed by atoms with Crippen molar-refractivity contribution >= 4 is 28.9 Å². The van der Waals surface area contributed by atoms with E-state index in [2.05, 4.69) is 32.0 Å². The van der Waals surface area contributed by atoms with Crippen molar-refractivity contribution in [2.45, 2.75) is 45.3 Å². The Morgan fingerprint density at radius 3 is 2.92 bits per heavy atom. The van der Waals surface area contributed by atoms with Gasteiger partial charge in [0.15, 0.2) is 11.0 Å². The normalized spacial score (nSPS) is 19.2. The van der Waals surface area contributed by atoms with E-state index in [1.54, 1.807) is 11.3 Å². The van der Waals surface area contributed by atoms with E-state index in [1.165, 1.54) is 17.7 Å². The average molecular weight is 373 g/mol. The minimum absolute atomic E-state index is 0. The maximum atomic E-state index is 5.71. The largest absolute Gasteiger partial charge is 0.375 e. The van der Waals surface area contributed by atoms with Crippen molar-refractivity contribution in [1.29, 1.82) is 0 Å². The smallest absolute Gasteiger partial charge is 0.223 e. The summed E-state index contributed by atoms with van der Waals surface area (Å²) in [6, 6.07) is 0.560. The average Bonchev–Trinajstić information content (AvgIpc) is 3.02. The molecule has 0 radical (unpaired) electrons. The quantitative estimate of drug-likeness (QED) is 0.862. The van der Waals surface area contributed by atoms with Gasteiger partial charge in [-0.2, -0.15) is 4.98 Å². The van der Waals surface area contributed by atoms with Crippen molar-refractivity contribution in [3.05, 3.63) is 22.8 Å². The van der Waals surface area contributed by atoms with Gasteiger partial charge in [0.1, 0.15) is 0 Å². The molecule has 2 aromatic rings. The number of nitrogens with zero attached hydrogens (tertiary/aromatic N) is 5. The van der Waals surface area contributed by atoms with Crippen LogP contribution in [0.2, 0.25) is 0 Å². The van der Waals surface area contributed by atoms with Crippen molar-refractivity contribution < 1.29 is 4.52 Å². The fourth-order valence-corrected chi connectivity index (χ4v) is 3.84. The molecule has 1 aliphatic rings. The van der Waals surface area contributed by atoms with E-state index in [4.69, 9.17) is 10.3 Å². The number of aromatic nitrogens is 3. The molecule has 1 atom stereocenters. The van der Waals surface area contributed by atoms with Crippen LogP contribution in [0, 0.1) is 6.92 Å². The molecule has 3 heterocycles. The molecule has 9 heteroatoms. The van der Waals surface area contributed by atoms with Crippen LogP contribution in [0.15, 0.2) is 10.7 Å². The lowest BCUT2D eigenvalue weighted by atomic mass is 10.1. The van der Waals surface area contributed by atoms with E-state index in [0.29, 0.717) is 17.1 Å². The number of anilines is 1. The molecule has 2 aromatic heterocycles. The number of likely N-dealkylation sites (tertiary alicyclic amines) is 1. The molecule has 7 nitrogen and oxygen atoms in total. The second-order valence-electron chi connectivity index (χ2n) is 6.17. The molecule has 134 valence electrons. The first kappa shape index (κ1) is 19.1. The van der Waals surface area contributed by atoms with Crippen molar-refractivity contribution in [3.63, 3.8) is 0 Å². The molecule has 24 heavy (non-hydrogen) atoms. The summed E-state index contributed by atoms with van der Waals surface area (Å²) in [4.78, 5) is 14.5. The monoisotopic (exact) mass is 372 g/mol. The minimum atomic E-state index is 0. The zero-order valence-corrected chi connectivity index (χ0v) is 15.8. The Hall–Kier alpha value is -1.22. The van der Waals surface area contributed by atoms with Gasteiger partial charge >= 0.3 is 0 Å². The van der Waals surface area contributed by atoms with E-state index in [1.807, 2.05) is 13.1 Å². The number of aryl methyl sites for hydroxylation is 1. The van der Waals surface area contributed by atoms with Crippen LogP contribution in [0.1, 0.15) is 35.9 Å². The van der Waals surface area contributed by atoms with Gasteiger partial charge in [0, 0.05) is 37.1 Å². The highest BCUT2D eigenvalue weighted by molar-refractivity contribution is 7.15. The number of nitrogens with two attached hydrogens (primary N) is 1. The molecular weight excluding hydrogens is 348 g/mol. The van der Waals surface area contributed by atoms with Gasteiger partial charge in [0.25, 0.3) is 0 Å². The Bertz CT molecular complexity index is 633. The standard InChI is InChI=1S/C15H24N6OS.ClH/c1-11-18-14(19-22-11)10-20(2)12-4-3-6-21(7-5-12)9-13-8-17-15(16)23-13;/h8,12H,3-7,9-10H2,1-2H3,(H2,16,17);1H. The highest BCUT2D eigenvalue weighted by Crippen LogP contribution is 2.21. The summed E-state index contributed by atoms with van der Waals surface area (Å²) in [7, 11) is 2.15. The second-order valence-corrected chi connectivity index (χ2v) is 7.32. The number of hydrogen-bond acceptors (Lipinski definition) is 8. The van der Waals surface area contributed by atoms with E-state index < -0.39 is 0 Å². The van der Waals surface area contributed by atoms with Crippen LogP contribution in [-0.2, 0) is 13.1 Å². The number of halogens is 1. The minimum Gasteiger partial charge on any atom is -0.375 e. The van der Waals surface area contributed by atoms with Crippen molar-refractivity contribution in [2.24, 2.45) is 0 Å². The van der Waals surface area contributed by atoms with Gasteiger partial charge in [-0.05, 0) is 32.9 Å². The summed E-state index contributed by atoms with van der Waals surface area (Å²) in [6.07, 6.45) is 5.46. The lowest BCUT2D eigenvalue weighted by Crippen LogP contribution is -2.32. The molecule has 1 aliphatic heterocycles. The number of thiazole rings is 1. The van der Waals surface area contributed by atoms with E-state index in [-0.39, 0.29) is 12.4 Å². The third-order valence-electron chi connectivity index (χ3n) is 4.32. The van der Waals surface area contributed by atoms with Gasteiger partial charge in [0.2, 0.25) is 5.89 Å². The molecule has 0 amide bonds. The summed E-state index contributed by atoms with van der Waals surface area (Å²) in [5, 5.41) is 4.65. The lowest BCUT2D eigenvalue weighted by Gasteiger charge is -2.26. The summed E-state index contributed by atoms with van der Waals surface area (Å²) < 4.78 is 5.05. The van der Waals surface area contributed by atoms with Crippen LogP contribution >= 0.6 is 23.7 Å². The summed E-state index contributed by atoms with van der Waals surface area (Å²) >= 11 is 1.59. The molecular formula is C15H25ClN6OS. The first-order valence-electron chi connectivity index (χ1n) is 8.02. The molecule has 1 saturated heterocycles. The van der Waals surface area contributed by atoms with Gasteiger partial charge in [-0.3, -0.25) is 9.80 Å². The second kappa shape index (κ2) is 8.75. The predicted octanol–water partition coefficient (Wildman–Crippen LogP) is 2.33. The van der Waals surface area contributed by atoms with E-state index >= 15 is 0 Å². The van der Waals surface area contributed by atoms with Gasteiger partial charge < -0.3 is 10.3 Å². The number of hydrogen-bond donors (Lipinski definition) is 1. The molecule has 1 fully saturated rings. The lowest BCUT2D eigenvalue weighted by molar-refractivity contribution is 0.200. The van der Waals surface area contributed by atoms with Crippen LogP contribution < -0.4 is 5.73 Å². The Balaban J connectivity index is 0.00000208. The maximum absolute atomic E-state index is 5.71. The zero-order valence-electron chi connectivity index (χ0n) is 14.1. The van der Waals surface area contributed by atoms with Crippen LogP contribution in [0.5, 0.6) is 0 Å². The molecule has 0 aliphatic carbocycles. The SMILES string of the molecule is Cc1nc(CN(C)C2CCCN(Cc3cnc(N)s3)CC2)no1.Cl. The summed E-state index contributed by atoms with van der Waals surface area (Å²) in [5.74, 6) is 1.40. The molecule has 0 bridgehead atoms. The van der Waals surface area contributed by atoms with E-state index in [9.17, 15) is 0 Å².